The van der Waals surface area contributed by atoms with Crippen molar-refractivity contribution in [3.8, 4) is 0 Å². The lowest BCUT2D eigenvalue weighted by atomic mass is 9.82. The zero-order valence-corrected chi connectivity index (χ0v) is 21.0. The number of anilines is 1. The van der Waals surface area contributed by atoms with Crippen molar-refractivity contribution in [3.63, 3.8) is 0 Å². The lowest BCUT2D eigenvalue weighted by molar-refractivity contribution is 0.0248. The van der Waals surface area contributed by atoms with Crippen LogP contribution in [-0.2, 0) is 9.47 Å². The molecule has 2 atom stereocenters. The monoisotopic (exact) mass is 473 g/mol. The summed E-state index contributed by atoms with van der Waals surface area (Å²) in [5.74, 6) is 1.97. The summed E-state index contributed by atoms with van der Waals surface area (Å²) >= 11 is 0. The van der Waals surface area contributed by atoms with E-state index in [0.29, 0.717) is 18.1 Å². The molecular formula is C25H43N7O2. The molecule has 1 aromatic rings. The highest BCUT2D eigenvalue weighted by Gasteiger charge is 2.28. The van der Waals surface area contributed by atoms with Gasteiger partial charge >= 0.3 is 0 Å². The van der Waals surface area contributed by atoms with Crippen LogP contribution in [0, 0.1) is 5.41 Å². The summed E-state index contributed by atoms with van der Waals surface area (Å²) in [6.45, 7) is 8.74. The van der Waals surface area contributed by atoms with E-state index in [-0.39, 0.29) is 11.6 Å². The fourth-order valence-corrected chi connectivity index (χ4v) is 5.12. The average Bonchev–Trinajstić information content (AvgIpc) is 2.85. The fraction of sp³-hybridized carbons (Fsp3) is 0.760. The maximum Gasteiger partial charge on any atom is 0.129 e. The molecule has 1 aliphatic carbocycles. The molecule has 0 spiro atoms. The van der Waals surface area contributed by atoms with Crippen molar-refractivity contribution in [1.82, 2.24) is 31.2 Å². The Hall–Kier alpha value is -1.94. The van der Waals surface area contributed by atoms with Gasteiger partial charge in [-0.25, -0.2) is 9.97 Å². The van der Waals surface area contributed by atoms with Crippen LogP contribution in [0.4, 0.5) is 5.82 Å². The first-order valence-corrected chi connectivity index (χ1v) is 12.9. The van der Waals surface area contributed by atoms with E-state index in [1.807, 2.05) is 0 Å². The normalized spacial score (nSPS) is 27.9. The first-order valence-electron chi connectivity index (χ1n) is 12.9. The van der Waals surface area contributed by atoms with Gasteiger partial charge in [0, 0.05) is 57.6 Å². The summed E-state index contributed by atoms with van der Waals surface area (Å²) in [4.78, 5) is 9.04. The summed E-state index contributed by atoms with van der Waals surface area (Å²) in [6, 6.07) is 3.48. The van der Waals surface area contributed by atoms with Crippen LogP contribution in [0.1, 0.15) is 64.2 Å². The molecule has 9 nitrogen and oxygen atoms in total. The van der Waals surface area contributed by atoms with Crippen molar-refractivity contribution in [2.24, 2.45) is 5.41 Å². The van der Waals surface area contributed by atoms with E-state index in [9.17, 15) is 0 Å². The van der Waals surface area contributed by atoms with Crippen LogP contribution in [0.25, 0.3) is 0 Å². The third-order valence-electron chi connectivity index (χ3n) is 7.33. The zero-order valence-electron chi connectivity index (χ0n) is 21.0. The summed E-state index contributed by atoms with van der Waals surface area (Å²) in [7, 11) is 1.76. The first kappa shape index (κ1) is 25.2. The molecule has 34 heavy (non-hydrogen) atoms. The number of rotatable bonds is 10. The Morgan fingerprint density at radius 3 is 2.71 bits per heavy atom. The second kappa shape index (κ2) is 12.2. The Morgan fingerprint density at radius 1 is 1.18 bits per heavy atom. The molecule has 3 heterocycles. The van der Waals surface area contributed by atoms with Crippen molar-refractivity contribution < 1.29 is 9.47 Å². The van der Waals surface area contributed by atoms with Crippen LogP contribution in [-0.4, -0.2) is 68.1 Å². The van der Waals surface area contributed by atoms with E-state index >= 15 is 0 Å². The van der Waals surface area contributed by atoms with E-state index in [1.54, 1.807) is 13.4 Å². The molecule has 1 unspecified atom stereocenters. The van der Waals surface area contributed by atoms with Gasteiger partial charge in [-0.05, 0) is 56.9 Å². The summed E-state index contributed by atoms with van der Waals surface area (Å²) < 4.78 is 10.8. The van der Waals surface area contributed by atoms with E-state index in [4.69, 9.17) is 9.47 Å². The number of ether oxygens (including phenoxy) is 2. The highest BCUT2D eigenvalue weighted by Crippen LogP contribution is 2.29. The summed E-state index contributed by atoms with van der Waals surface area (Å²) in [5, 5.41) is 18.0. The first-order chi connectivity index (χ1) is 16.5. The Labute approximate surface area is 204 Å². The second-order valence-electron chi connectivity index (χ2n) is 10.4. The number of nitrogens with one attached hydrogen (secondary N) is 5. The SMILES string of the molecule is COC[C@@H](C)NC1CCC(Nc2cc(C3NCC=C(NCC4(C)CCOCC4)N3)ncn2)CC1. The van der Waals surface area contributed by atoms with Gasteiger partial charge in [-0.3, -0.25) is 5.32 Å². The predicted octanol–water partition coefficient (Wildman–Crippen LogP) is 2.26. The van der Waals surface area contributed by atoms with Crippen LogP contribution in [0.2, 0.25) is 0 Å². The molecule has 3 aliphatic rings. The third-order valence-corrected chi connectivity index (χ3v) is 7.33. The minimum atomic E-state index is -0.0410. The van der Waals surface area contributed by atoms with Gasteiger partial charge in [0.1, 0.15) is 18.3 Å². The van der Waals surface area contributed by atoms with E-state index in [2.05, 4.69) is 62.5 Å². The van der Waals surface area contributed by atoms with E-state index < -0.39 is 0 Å². The van der Waals surface area contributed by atoms with Crippen molar-refractivity contribution in [2.75, 3.05) is 45.3 Å². The summed E-state index contributed by atoms with van der Waals surface area (Å²) in [5.41, 5.74) is 1.23. The van der Waals surface area contributed by atoms with Crippen molar-refractivity contribution in [3.05, 3.63) is 30.0 Å². The Balaban J connectivity index is 1.25. The molecule has 2 aliphatic heterocycles. The van der Waals surface area contributed by atoms with Crippen molar-refractivity contribution in [1.29, 1.82) is 0 Å². The molecular weight excluding hydrogens is 430 g/mol. The lowest BCUT2D eigenvalue weighted by Gasteiger charge is -2.35. The zero-order chi connectivity index (χ0) is 23.8. The van der Waals surface area contributed by atoms with Crippen LogP contribution < -0.4 is 26.6 Å². The van der Waals surface area contributed by atoms with Crippen molar-refractivity contribution in [2.45, 2.75) is 76.7 Å². The van der Waals surface area contributed by atoms with Crippen LogP contribution in [0.15, 0.2) is 24.3 Å². The van der Waals surface area contributed by atoms with Gasteiger partial charge < -0.3 is 30.7 Å². The smallest absolute Gasteiger partial charge is 0.129 e. The molecule has 2 fully saturated rings. The summed E-state index contributed by atoms with van der Waals surface area (Å²) in [6.07, 6.45) is 10.6. The maximum atomic E-state index is 5.53. The van der Waals surface area contributed by atoms with Gasteiger partial charge in [0.15, 0.2) is 0 Å². The topological polar surface area (TPSA) is 104 Å². The fourth-order valence-electron chi connectivity index (χ4n) is 5.12. The molecule has 1 saturated carbocycles. The van der Waals surface area contributed by atoms with Crippen molar-refractivity contribution >= 4 is 5.82 Å². The van der Waals surface area contributed by atoms with Crippen LogP contribution >= 0.6 is 0 Å². The molecule has 1 aromatic heterocycles. The Bertz CT molecular complexity index is 791. The molecule has 1 saturated heterocycles. The maximum absolute atomic E-state index is 5.53. The number of hydrogen-bond donors (Lipinski definition) is 5. The molecule has 4 rings (SSSR count). The Morgan fingerprint density at radius 2 is 1.94 bits per heavy atom. The van der Waals surface area contributed by atoms with Gasteiger partial charge in [0.25, 0.3) is 0 Å². The van der Waals surface area contributed by atoms with Gasteiger partial charge in [-0.1, -0.05) is 6.92 Å². The standard InChI is InChI=1S/C25H43N7O2/c1-18(15-33-3)30-19-4-6-20(7-5-19)31-23-14-21(28-17-29-23)24-26-11-8-22(32-24)27-16-25(2)9-12-34-13-10-25/h8,14,17-20,24,26-27,30,32H,4-7,9-13,15-16H2,1-3H3,(H,28,29,31)/t18-,19?,20?,24?/m1/s1. The number of hydrogen-bond acceptors (Lipinski definition) is 9. The molecule has 190 valence electrons. The third kappa shape index (κ3) is 7.28. The molecule has 0 amide bonds. The second-order valence-corrected chi connectivity index (χ2v) is 10.4. The van der Waals surface area contributed by atoms with Gasteiger partial charge in [0.2, 0.25) is 0 Å². The van der Waals surface area contributed by atoms with Crippen LogP contribution in [0.5, 0.6) is 0 Å². The number of aromatic nitrogens is 2. The minimum Gasteiger partial charge on any atom is -0.383 e. The number of nitrogens with zero attached hydrogens (tertiary/aromatic N) is 2. The highest BCUT2D eigenvalue weighted by molar-refractivity contribution is 5.37. The molecule has 0 radical (unpaired) electrons. The van der Waals surface area contributed by atoms with Gasteiger partial charge in [-0.15, -0.1) is 0 Å². The average molecular weight is 474 g/mol. The van der Waals surface area contributed by atoms with E-state index in [1.165, 1.54) is 12.8 Å². The highest BCUT2D eigenvalue weighted by atomic mass is 16.5. The quantitative estimate of drug-likeness (QED) is 0.350. The van der Waals surface area contributed by atoms with Gasteiger partial charge in [0.05, 0.1) is 18.1 Å². The minimum absolute atomic E-state index is 0.0410. The molecule has 5 N–H and O–H groups in total. The van der Waals surface area contributed by atoms with E-state index in [0.717, 1.165) is 75.9 Å². The van der Waals surface area contributed by atoms with Crippen LogP contribution in [0.3, 0.4) is 0 Å². The lowest BCUT2D eigenvalue weighted by Crippen LogP contribution is -2.45. The predicted molar refractivity (Wildman–Crippen MR) is 134 cm³/mol. The molecule has 0 bridgehead atoms. The largest absolute Gasteiger partial charge is 0.383 e. The number of methoxy groups -OCH3 is 1. The molecule has 9 heteroatoms. The van der Waals surface area contributed by atoms with Gasteiger partial charge in [-0.2, -0.15) is 0 Å². The molecule has 0 aromatic carbocycles. The Kier molecular flexibility index (Phi) is 8.99.